The first kappa shape index (κ1) is 39.9. The van der Waals surface area contributed by atoms with Gasteiger partial charge in [-0.15, -0.1) is 9.66 Å². The van der Waals surface area contributed by atoms with Crippen molar-refractivity contribution in [3.8, 4) is 0 Å². The van der Waals surface area contributed by atoms with E-state index in [0.717, 1.165) is 22.1 Å². The molecule has 1 aliphatic rings. The second-order valence-corrected chi connectivity index (χ2v) is 19.4. The summed E-state index contributed by atoms with van der Waals surface area (Å²) in [7, 11) is -0.0813. The molecule has 3 N–H and O–H groups in total. The van der Waals surface area contributed by atoms with E-state index in [9.17, 15) is 21.9 Å². The molecule has 0 saturated carbocycles. The number of hydrogen-bond acceptors (Lipinski definition) is 12. The summed E-state index contributed by atoms with van der Waals surface area (Å²) in [6.45, 7) is 1.83. The molecule has 11 nitrogen and oxygen atoms in total. The Bertz CT molecular complexity index is 1860. The molecule has 278 valence electrons. The number of aliphatic hydroxyl groups excluding tert-OH is 1. The fraction of sp³-hybridized carbons (Fsp3) is 0.429. The zero-order chi connectivity index (χ0) is 36.6. The predicted molar refractivity (Wildman–Crippen MR) is 218 cm³/mol. The summed E-state index contributed by atoms with van der Waals surface area (Å²) in [5, 5.41) is 17.1. The van der Waals surface area contributed by atoms with E-state index in [1.54, 1.807) is 69.6 Å². The van der Waals surface area contributed by atoms with E-state index >= 15 is 0 Å². The van der Waals surface area contributed by atoms with Crippen molar-refractivity contribution >= 4 is 88.3 Å². The van der Waals surface area contributed by atoms with E-state index in [1.807, 2.05) is 86.5 Å². The third-order valence-electron chi connectivity index (χ3n) is 8.40. The Morgan fingerprint density at radius 2 is 0.922 bits per heavy atom. The van der Waals surface area contributed by atoms with E-state index in [4.69, 9.17) is 0 Å². The zero-order valence-electron chi connectivity index (χ0n) is 29.5. The number of rotatable bonds is 8. The summed E-state index contributed by atoms with van der Waals surface area (Å²) in [6.07, 6.45) is -0.540. The summed E-state index contributed by atoms with van der Waals surface area (Å²) < 4.78 is 55.3. The average molecular weight is 793 g/mol. The van der Waals surface area contributed by atoms with Crippen molar-refractivity contribution in [1.82, 2.24) is 19.7 Å². The molecular weight excluding hydrogens is 745 g/mol. The van der Waals surface area contributed by atoms with Gasteiger partial charge >= 0.3 is 0 Å². The zero-order valence-corrected chi connectivity index (χ0v) is 33.6. The number of hydrogen-bond donors (Lipinski definition) is 3. The lowest BCUT2D eigenvalue weighted by molar-refractivity contribution is 0.224. The Labute approximate surface area is 315 Å². The summed E-state index contributed by atoms with van der Waals surface area (Å²) in [4.78, 5) is 10.1. The molecule has 0 radical (unpaired) electrons. The summed E-state index contributed by atoms with van der Waals surface area (Å²) in [6, 6.07) is 22.0. The van der Waals surface area contributed by atoms with Crippen LogP contribution >= 0.6 is 35.3 Å². The Hall–Kier alpha value is -2.25. The first-order valence-electron chi connectivity index (χ1n) is 16.7. The molecule has 5 rings (SSSR count). The maximum atomic E-state index is 13.8. The fourth-order valence-corrected chi connectivity index (χ4v) is 11.5. The van der Waals surface area contributed by atoms with Crippen molar-refractivity contribution < 1.29 is 21.9 Å². The van der Waals surface area contributed by atoms with Crippen LogP contribution in [0.3, 0.4) is 0 Å². The maximum absolute atomic E-state index is 13.8. The van der Waals surface area contributed by atoms with Crippen LogP contribution < -0.4 is 19.5 Å². The molecule has 0 aromatic heterocycles. The van der Waals surface area contributed by atoms with Gasteiger partial charge in [-0.1, -0.05) is 48.5 Å². The Morgan fingerprint density at radius 3 is 1.31 bits per heavy atom. The second kappa shape index (κ2) is 18.2. The number of nitrogens with one attached hydrogen (secondary N) is 2. The highest BCUT2D eigenvalue weighted by Crippen LogP contribution is 2.31. The number of fused-ring (bicyclic) bond motifs is 2. The highest BCUT2D eigenvalue weighted by molar-refractivity contribution is 8.00. The van der Waals surface area contributed by atoms with Gasteiger partial charge in [0.05, 0.1) is 15.9 Å². The topological polar surface area (TPSA) is 126 Å². The van der Waals surface area contributed by atoms with Crippen LogP contribution in [0.2, 0.25) is 0 Å². The van der Waals surface area contributed by atoms with Crippen molar-refractivity contribution in [2.45, 2.75) is 15.9 Å². The van der Waals surface area contributed by atoms with Crippen LogP contribution in [-0.2, 0) is 20.0 Å². The van der Waals surface area contributed by atoms with Crippen LogP contribution in [0, 0.1) is 0 Å². The standard InChI is InChI=1S/C35H48N6O5S5/c1-38(2)32-13-5-11-30-28(32)9-7-15-34(30)50(43,44)36-40-17-21-47-22-18-41(20-24-49-26-27(42)25-48-23-19-40)37-51(45,46)35-16-8-10-29-31(35)12-6-14-33(29)39(3)4/h5-16,27,36-37,42H,17-26H2,1-4H3. The van der Waals surface area contributed by atoms with Crippen molar-refractivity contribution in [1.29, 1.82) is 0 Å². The molecule has 51 heavy (non-hydrogen) atoms. The smallest absolute Gasteiger partial charge is 0.254 e. The molecule has 1 aliphatic heterocycles. The summed E-state index contributed by atoms with van der Waals surface area (Å²) >= 11 is 4.80. The molecule has 1 fully saturated rings. The highest BCUT2D eigenvalue weighted by Gasteiger charge is 2.24. The lowest BCUT2D eigenvalue weighted by atomic mass is 10.1. The van der Waals surface area contributed by atoms with E-state index in [1.165, 1.54) is 0 Å². The Morgan fingerprint density at radius 1 is 0.569 bits per heavy atom. The molecule has 0 unspecified atom stereocenters. The van der Waals surface area contributed by atoms with Crippen LogP contribution in [0.4, 0.5) is 11.4 Å². The number of sulfonamides is 2. The quantitative estimate of drug-likeness (QED) is 0.235. The average Bonchev–Trinajstić information content (AvgIpc) is 3.09. The predicted octanol–water partition coefficient (Wildman–Crippen LogP) is 4.39. The van der Waals surface area contributed by atoms with E-state index in [0.29, 0.717) is 71.5 Å². The second-order valence-electron chi connectivity index (χ2n) is 12.6. The molecule has 1 saturated heterocycles. The minimum Gasteiger partial charge on any atom is -0.391 e. The molecule has 0 aliphatic carbocycles. The van der Waals surface area contributed by atoms with Gasteiger partial charge in [0.2, 0.25) is 0 Å². The van der Waals surface area contributed by atoms with Crippen LogP contribution in [0.1, 0.15) is 0 Å². The molecule has 1 heterocycles. The van der Waals surface area contributed by atoms with Gasteiger partial charge < -0.3 is 14.9 Å². The van der Waals surface area contributed by atoms with Crippen molar-refractivity contribution in [2.75, 3.05) is 98.7 Å². The normalized spacial score (nSPS) is 17.5. The Balaban J connectivity index is 1.29. The molecular formula is C35H48N6O5S5. The first-order valence-corrected chi connectivity index (χ1v) is 23.1. The number of nitrogens with zero attached hydrogens (tertiary/aromatic N) is 4. The van der Waals surface area contributed by atoms with Crippen LogP contribution in [0.5, 0.6) is 0 Å². The summed E-state index contributed by atoms with van der Waals surface area (Å²) in [5.74, 6) is 3.59. The molecule has 16 heteroatoms. The van der Waals surface area contributed by atoms with Gasteiger partial charge in [0, 0.05) is 122 Å². The van der Waals surface area contributed by atoms with Crippen molar-refractivity contribution in [2.24, 2.45) is 0 Å². The SMILES string of the molecule is CN(C)c1cccc2c(S(=O)(=O)NN3CCSCCN(NS(=O)(=O)c4cccc5c(N(C)C)cccc45)CCSCC(O)CSCC3)cccc12. The maximum Gasteiger partial charge on any atom is 0.254 e. The molecule has 0 bridgehead atoms. The minimum absolute atomic E-state index is 0.218. The van der Waals surface area contributed by atoms with Gasteiger partial charge in [-0.25, -0.2) is 26.9 Å². The minimum atomic E-state index is -3.91. The lowest BCUT2D eigenvalue weighted by Crippen LogP contribution is -2.45. The number of thioether (sulfide) groups is 3. The van der Waals surface area contributed by atoms with Crippen LogP contribution in [0.15, 0.2) is 82.6 Å². The molecule has 4 aromatic carbocycles. The molecule has 4 aromatic rings. The fourth-order valence-electron chi connectivity index (χ4n) is 5.91. The molecule has 0 amide bonds. The van der Waals surface area contributed by atoms with Gasteiger partial charge in [-0.2, -0.15) is 35.3 Å². The van der Waals surface area contributed by atoms with E-state index in [2.05, 4.69) is 9.66 Å². The number of aliphatic hydroxyl groups is 1. The number of anilines is 2. The van der Waals surface area contributed by atoms with Crippen molar-refractivity contribution in [3.63, 3.8) is 0 Å². The largest absolute Gasteiger partial charge is 0.391 e. The number of hydrazine groups is 2. The van der Waals surface area contributed by atoms with Crippen LogP contribution in [0.25, 0.3) is 21.5 Å². The van der Waals surface area contributed by atoms with Gasteiger partial charge in [0.25, 0.3) is 20.0 Å². The molecule has 0 spiro atoms. The van der Waals surface area contributed by atoms with Gasteiger partial charge in [0.15, 0.2) is 0 Å². The van der Waals surface area contributed by atoms with Gasteiger partial charge in [-0.3, -0.25) is 0 Å². The summed E-state index contributed by atoms with van der Waals surface area (Å²) in [5.41, 5.74) is 1.87. The Kier molecular flexibility index (Phi) is 14.2. The van der Waals surface area contributed by atoms with Crippen LogP contribution in [-0.4, -0.2) is 127 Å². The highest BCUT2D eigenvalue weighted by atomic mass is 32.2. The lowest BCUT2D eigenvalue weighted by Gasteiger charge is -2.26. The van der Waals surface area contributed by atoms with Gasteiger partial charge in [-0.05, 0) is 24.3 Å². The third-order valence-corrected chi connectivity index (χ3v) is 14.4. The van der Waals surface area contributed by atoms with Gasteiger partial charge in [0.1, 0.15) is 0 Å². The number of benzene rings is 4. The third kappa shape index (κ3) is 10.5. The van der Waals surface area contributed by atoms with E-state index in [-0.39, 0.29) is 9.79 Å². The molecule has 0 atom stereocenters. The monoisotopic (exact) mass is 792 g/mol. The van der Waals surface area contributed by atoms with E-state index < -0.39 is 26.2 Å². The first-order chi connectivity index (χ1) is 24.4. The van der Waals surface area contributed by atoms with Crippen molar-refractivity contribution in [3.05, 3.63) is 72.8 Å².